The molecule has 4 atom stereocenters. The minimum absolute atomic E-state index is 0. The molecule has 0 spiro atoms. The van der Waals surface area contributed by atoms with Gasteiger partial charge in [-0.25, -0.2) is 4.98 Å². The highest BCUT2D eigenvalue weighted by Gasteiger charge is 2.42. The van der Waals surface area contributed by atoms with E-state index in [1.165, 1.54) is 19.3 Å². The maximum atomic E-state index is 9.67. The molecule has 1 aliphatic carbocycles. The van der Waals surface area contributed by atoms with Gasteiger partial charge in [-0.3, -0.25) is 0 Å². The van der Waals surface area contributed by atoms with Crippen LogP contribution >= 0.6 is 12.6 Å². The van der Waals surface area contributed by atoms with Gasteiger partial charge < -0.3 is 30.1 Å². The summed E-state index contributed by atoms with van der Waals surface area (Å²) in [6.45, 7) is 4.00. The Morgan fingerprint density at radius 3 is 2.05 bits per heavy atom. The van der Waals surface area contributed by atoms with Crippen molar-refractivity contribution in [3.05, 3.63) is 18.7 Å². The predicted octanol–water partition coefficient (Wildman–Crippen LogP) is 0.412. The lowest BCUT2D eigenvalue weighted by atomic mass is 10.1. The molecule has 0 radical (unpaired) electrons. The van der Waals surface area contributed by atoms with Crippen molar-refractivity contribution in [2.75, 3.05) is 12.9 Å². The largest absolute Gasteiger partial charge is 0.412 e. The second-order valence-electron chi connectivity index (χ2n) is 4.30. The number of imidazole rings is 1. The molecule has 1 aliphatic heterocycles. The van der Waals surface area contributed by atoms with Gasteiger partial charge in [0.1, 0.15) is 12.2 Å². The van der Waals surface area contributed by atoms with E-state index >= 15 is 0 Å². The lowest BCUT2D eigenvalue weighted by molar-refractivity contribution is -0.0310. The van der Waals surface area contributed by atoms with E-state index < -0.39 is 24.5 Å². The van der Waals surface area contributed by atoms with Crippen LogP contribution in [-0.2, 0) is 4.74 Å². The molecule has 7 nitrogen and oxygen atoms in total. The monoisotopic (exact) mass is 338 g/mol. The lowest BCUT2D eigenvalue weighted by Gasteiger charge is -2.15. The highest BCUT2D eigenvalue weighted by Crippen LogP contribution is 2.29. The van der Waals surface area contributed by atoms with Gasteiger partial charge >= 0.3 is 0 Å². The zero-order chi connectivity index (χ0) is 16.3. The zero-order valence-electron chi connectivity index (χ0n) is 13.5. The van der Waals surface area contributed by atoms with Crippen LogP contribution in [0.2, 0.25) is 0 Å². The Kier molecular flexibility index (Phi) is 15.0. The van der Waals surface area contributed by atoms with Crippen molar-refractivity contribution in [1.82, 2.24) is 9.55 Å². The van der Waals surface area contributed by atoms with Gasteiger partial charge in [0.2, 0.25) is 0 Å². The van der Waals surface area contributed by atoms with Gasteiger partial charge in [-0.2, -0.15) is 12.6 Å². The summed E-state index contributed by atoms with van der Waals surface area (Å²) < 4.78 is 7.05. The van der Waals surface area contributed by atoms with Gasteiger partial charge in [-0.05, 0) is 0 Å². The molecule has 3 rings (SSSR count). The van der Waals surface area contributed by atoms with Crippen LogP contribution in [0.25, 0.3) is 0 Å². The normalized spacial score (nSPS) is 27.8. The summed E-state index contributed by atoms with van der Waals surface area (Å²) in [6, 6.07) is 0. The van der Waals surface area contributed by atoms with E-state index in [0.717, 1.165) is 7.11 Å². The Morgan fingerprint density at radius 1 is 1.18 bits per heavy atom. The van der Waals surface area contributed by atoms with Crippen LogP contribution in [-0.4, -0.2) is 61.5 Å². The molecule has 1 aromatic heterocycles. The van der Waals surface area contributed by atoms with Crippen molar-refractivity contribution in [3.8, 4) is 0 Å². The minimum Gasteiger partial charge on any atom is -0.412 e. The van der Waals surface area contributed by atoms with Crippen molar-refractivity contribution >= 4 is 12.6 Å². The van der Waals surface area contributed by atoms with Crippen LogP contribution in [0.4, 0.5) is 0 Å². The molecule has 0 amide bonds. The first-order chi connectivity index (χ1) is 10.2. The van der Waals surface area contributed by atoms with Crippen molar-refractivity contribution in [2.45, 2.75) is 57.6 Å². The van der Waals surface area contributed by atoms with Gasteiger partial charge in [0.25, 0.3) is 0 Å². The van der Waals surface area contributed by atoms with Gasteiger partial charge in [0.15, 0.2) is 6.23 Å². The third kappa shape index (κ3) is 7.57. The lowest BCUT2D eigenvalue weighted by Crippen LogP contribution is -2.32. The van der Waals surface area contributed by atoms with Crippen molar-refractivity contribution in [2.24, 2.45) is 0 Å². The summed E-state index contributed by atoms with van der Waals surface area (Å²) in [5.74, 6) is 0.378. The van der Waals surface area contributed by atoms with Gasteiger partial charge in [-0.1, -0.05) is 33.1 Å². The van der Waals surface area contributed by atoms with Crippen molar-refractivity contribution in [1.29, 1.82) is 0 Å². The first-order valence-electron chi connectivity index (χ1n) is 7.28. The van der Waals surface area contributed by atoms with Gasteiger partial charge in [-0.15, -0.1) is 0 Å². The smallest absolute Gasteiger partial charge is 0.164 e. The summed E-state index contributed by atoms with van der Waals surface area (Å²) in [5, 5.41) is 26.2. The fourth-order valence-corrected chi connectivity index (χ4v) is 1.85. The summed E-state index contributed by atoms with van der Waals surface area (Å²) in [4.78, 5) is 3.85. The standard InChI is InChI=1S/C8H12N2O3S.C3H6.C2H6.CH4O.H2O/c11-6-5(3-14)13-8(7(6)12)10-2-1-9-4-10;1-2-3-1;2*1-2;/h1-2,4-8,11-12,14H,3H2;1-3H2;1-2H3;2H,1H3;1H2/t5-,6-,7-,8-;;;;/m1..../s1. The molecular formula is C14H30N2O5S. The maximum absolute atomic E-state index is 9.67. The van der Waals surface area contributed by atoms with Gasteiger partial charge in [0.05, 0.1) is 12.4 Å². The summed E-state index contributed by atoms with van der Waals surface area (Å²) in [6.07, 6.45) is 6.51. The molecule has 8 heteroatoms. The predicted molar refractivity (Wildman–Crippen MR) is 89.0 cm³/mol. The first-order valence-corrected chi connectivity index (χ1v) is 7.92. The Morgan fingerprint density at radius 2 is 1.73 bits per heavy atom. The van der Waals surface area contributed by atoms with Crippen LogP contribution in [0.1, 0.15) is 39.3 Å². The number of ether oxygens (including phenoxy) is 1. The zero-order valence-corrected chi connectivity index (χ0v) is 14.4. The molecule has 132 valence electrons. The van der Waals surface area contributed by atoms with E-state index in [-0.39, 0.29) is 5.48 Å². The first kappa shape index (κ1) is 23.6. The number of thiol groups is 1. The van der Waals surface area contributed by atoms with E-state index in [2.05, 4.69) is 17.6 Å². The van der Waals surface area contributed by atoms with Crippen molar-refractivity contribution < 1.29 is 25.5 Å². The minimum atomic E-state index is -0.929. The number of aliphatic hydroxyl groups excluding tert-OH is 3. The van der Waals surface area contributed by atoms with Crippen LogP contribution < -0.4 is 0 Å². The fourth-order valence-electron chi connectivity index (χ4n) is 1.55. The maximum Gasteiger partial charge on any atom is 0.164 e. The molecule has 2 fully saturated rings. The highest BCUT2D eigenvalue weighted by atomic mass is 32.1. The SMILES string of the molecule is C1CC1.CC.CO.O.O[C@@H]1[C@H](O)[C@@H](CS)O[C@H]1n1ccnc1. The second kappa shape index (κ2) is 14.0. The molecule has 5 N–H and O–H groups in total. The van der Waals surface area contributed by atoms with E-state index in [1.807, 2.05) is 13.8 Å². The summed E-state index contributed by atoms with van der Waals surface area (Å²) in [5.41, 5.74) is 0. The van der Waals surface area contributed by atoms with Crippen LogP contribution in [0.15, 0.2) is 18.7 Å². The van der Waals surface area contributed by atoms with E-state index in [4.69, 9.17) is 9.84 Å². The number of aromatic nitrogens is 2. The number of hydrogen-bond acceptors (Lipinski definition) is 6. The van der Waals surface area contributed by atoms with Crippen LogP contribution in [0.5, 0.6) is 0 Å². The van der Waals surface area contributed by atoms with E-state index in [1.54, 1.807) is 23.3 Å². The Hall–Kier alpha value is -0.640. The second-order valence-corrected chi connectivity index (χ2v) is 4.66. The number of rotatable bonds is 2. The van der Waals surface area contributed by atoms with Crippen LogP contribution in [0, 0.1) is 0 Å². The van der Waals surface area contributed by atoms with E-state index in [9.17, 15) is 10.2 Å². The molecule has 0 unspecified atom stereocenters. The van der Waals surface area contributed by atoms with E-state index in [0.29, 0.717) is 5.75 Å². The Bertz CT molecular complexity index is 335. The van der Waals surface area contributed by atoms with Crippen LogP contribution in [0.3, 0.4) is 0 Å². The molecule has 2 heterocycles. The quantitative estimate of drug-likeness (QED) is 0.582. The average molecular weight is 338 g/mol. The molecule has 0 bridgehead atoms. The number of hydrogen-bond donors (Lipinski definition) is 4. The summed E-state index contributed by atoms with van der Waals surface area (Å²) >= 11 is 4.03. The molecule has 22 heavy (non-hydrogen) atoms. The highest BCUT2D eigenvalue weighted by molar-refractivity contribution is 7.80. The molecule has 0 aromatic carbocycles. The molecule has 1 aromatic rings. The Labute approximate surface area is 137 Å². The number of aliphatic hydroxyl groups is 3. The average Bonchev–Trinajstić information content (AvgIpc) is 3.29. The third-order valence-corrected chi connectivity index (χ3v) is 3.05. The third-order valence-electron chi connectivity index (χ3n) is 2.69. The van der Waals surface area contributed by atoms with Crippen molar-refractivity contribution in [3.63, 3.8) is 0 Å². The summed E-state index contributed by atoms with van der Waals surface area (Å²) in [7, 11) is 1.00. The molecule has 2 aliphatic rings. The number of nitrogens with zero attached hydrogens (tertiary/aromatic N) is 2. The molecule has 1 saturated heterocycles. The topological polar surface area (TPSA) is 119 Å². The Balaban J connectivity index is 0. The molecular weight excluding hydrogens is 308 g/mol. The van der Waals surface area contributed by atoms with Gasteiger partial charge in [0, 0.05) is 25.3 Å². The fraction of sp³-hybridized carbons (Fsp3) is 0.786. The molecule has 1 saturated carbocycles.